The minimum atomic E-state index is -0.127. The maximum absolute atomic E-state index is 11.8. The van der Waals surface area contributed by atoms with Crippen LogP contribution in [0, 0.1) is 5.92 Å². The van der Waals surface area contributed by atoms with Gasteiger partial charge in [0.25, 0.3) is 5.91 Å². The summed E-state index contributed by atoms with van der Waals surface area (Å²) in [5, 5.41) is 6.88. The first-order valence-corrected chi connectivity index (χ1v) is 15.3. The zero-order valence-corrected chi connectivity index (χ0v) is 25.3. The highest BCUT2D eigenvalue weighted by atomic mass is 35.5. The summed E-state index contributed by atoms with van der Waals surface area (Å²) in [4.78, 5) is 50.0. The molecule has 4 aliphatic rings. The van der Waals surface area contributed by atoms with Crippen LogP contribution >= 0.6 is 11.6 Å². The number of amides is 4. The SMILES string of the molecule is CN1CC(=O)N(C2CC2)C1=O.Clc1ccccc1.O=C(Nc1cc(NCc2cn3cc(C4CC4)ccc3n2)ncn1)C1CC1. The molecule has 228 valence electrons. The highest BCUT2D eigenvalue weighted by Gasteiger charge is 2.43. The van der Waals surface area contributed by atoms with E-state index < -0.39 is 0 Å². The average Bonchev–Trinajstić information content (AvgIpc) is 3.88. The molecule has 4 heterocycles. The first-order chi connectivity index (χ1) is 21.3. The van der Waals surface area contributed by atoms with Crippen LogP contribution in [-0.4, -0.2) is 66.6 Å². The Labute approximate surface area is 260 Å². The summed E-state index contributed by atoms with van der Waals surface area (Å²) >= 11 is 5.54. The van der Waals surface area contributed by atoms with E-state index in [1.54, 1.807) is 13.1 Å². The van der Waals surface area contributed by atoms with Crippen molar-refractivity contribution in [2.75, 3.05) is 24.2 Å². The Bertz CT molecular complexity index is 1650. The lowest BCUT2D eigenvalue weighted by Crippen LogP contribution is -2.33. The molecule has 1 aromatic carbocycles. The third-order valence-corrected chi connectivity index (χ3v) is 7.96. The van der Waals surface area contributed by atoms with Crippen LogP contribution in [0.5, 0.6) is 0 Å². The van der Waals surface area contributed by atoms with Crippen LogP contribution in [-0.2, 0) is 16.1 Å². The van der Waals surface area contributed by atoms with Gasteiger partial charge in [-0.3, -0.25) is 14.5 Å². The summed E-state index contributed by atoms with van der Waals surface area (Å²) in [5.41, 5.74) is 3.28. The smallest absolute Gasteiger partial charge is 0.327 e. The zero-order valence-electron chi connectivity index (χ0n) is 24.5. The average molecular weight is 615 g/mol. The van der Waals surface area contributed by atoms with Crippen LogP contribution in [0.1, 0.15) is 55.7 Å². The van der Waals surface area contributed by atoms with Crippen molar-refractivity contribution < 1.29 is 14.4 Å². The number of nitrogens with zero attached hydrogens (tertiary/aromatic N) is 6. The number of urea groups is 1. The maximum Gasteiger partial charge on any atom is 0.327 e. The third kappa shape index (κ3) is 7.71. The molecule has 12 heteroatoms. The molecule has 1 aliphatic heterocycles. The predicted octanol–water partition coefficient (Wildman–Crippen LogP) is 5.35. The quantitative estimate of drug-likeness (QED) is 0.269. The largest absolute Gasteiger partial charge is 0.364 e. The molecule has 3 aliphatic carbocycles. The van der Waals surface area contributed by atoms with Crippen molar-refractivity contribution in [3.05, 3.63) is 83.5 Å². The summed E-state index contributed by atoms with van der Waals surface area (Å²) in [6.07, 6.45) is 12.2. The highest BCUT2D eigenvalue weighted by Crippen LogP contribution is 2.40. The summed E-state index contributed by atoms with van der Waals surface area (Å²) in [7, 11) is 1.66. The Hall–Kier alpha value is -4.51. The van der Waals surface area contributed by atoms with Crippen molar-refractivity contribution >= 4 is 46.7 Å². The minimum absolute atomic E-state index is 0.0417. The van der Waals surface area contributed by atoms with Gasteiger partial charge in [0.1, 0.15) is 30.2 Å². The van der Waals surface area contributed by atoms with E-state index in [1.165, 1.54) is 34.5 Å². The molecule has 8 rings (SSSR count). The standard InChI is InChI=1S/C19H20N6O.C7H10N2O2.C6H5Cl/c26-19(13-3-4-13)24-17-7-16(21-11-22-17)20-8-15-10-25-9-14(12-1-2-12)5-6-18(25)23-15;1-8-4-6(10)9(7(8)11)5-2-3-5;7-6-4-2-1-3-5-6/h5-7,9-13H,1-4,8H2,(H2,20,21,22,24,26);5H,2-4H2,1H3;1-5H. The Morgan fingerprint density at radius 2 is 1.70 bits per heavy atom. The summed E-state index contributed by atoms with van der Waals surface area (Å²) in [6.45, 7) is 0.822. The molecule has 3 saturated carbocycles. The highest BCUT2D eigenvalue weighted by molar-refractivity contribution is 6.30. The topological polar surface area (TPSA) is 125 Å². The summed E-state index contributed by atoms with van der Waals surface area (Å²) < 4.78 is 2.09. The van der Waals surface area contributed by atoms with Crippen molar-refractivity contribution in [3.8, 4) is 0 Å². The van der Waals surface area contributed by atoms with Crippen LogP contribution in [0.3, 0.4) is 0 Å². The maximum atomic E-state index is 11.8. The third-order valence-electron chi connectivity index (χ3n) is 7.71. The Morgan fingerprint density at radius 1 is 0.955 bits per heavy atom. The molecular formula is C32H35ClN8O3. The predicted molar refractivity (Wildman–Crippen MR) is 167 cm³/mol. The van der Waals surface area contributed by atoms with Crippen molar-refractivity contribution in [3.63, 3.8) is 0 Å². The number of nitrogens with one attached hydrogen (secondary N) is 2. The van der Waals surface area contributed by atoms with E-state index in [0.29, 0.717) is 18.2 Å². The van der Waals surface area contributed by atoms with Gasteiger partial charge in [-0.1, -0.05) is 35.9 Å². The Balaban J connectivity index is 0.000000155. The van der Waals surface area contributed by atoms with Crippen LogP contribution in [0.15, 0.2) is 67.3 Å². The van der Waals surface area contributed by atoms with Gasteiger partial charge in [0, 0.05) is 42.5 Å². The molecule has 0 spiro atoms. The molecule has 2 N–H and O–H groups in total. The first kappa shape index (κ1) is 29.6. The summed E-state index contributed by atoms with van der Waals surface area (Å²) in [6, 6.07) is 15.5. The van der Waals surface area contributed by atoms with Crippen molar-refractivity contribution in [2.45, 2.75) is 57.0 Å². The number of carbonyl (C=O) groups is 3. The minimum Gasteiger partial charge on any atom is -0.364 e. The van der Waals surface area contributed by atoms with Gasteiger partial charge in [-0.2, -0.15) is 0 Å². The molecule has 4 aromatic rings. The second-order valence-corrected chi connectivity index (χ2v) is 12.0. The number of halogens is 1. The number of imide groups is 1. The Kier molecular flexibility index (Phi) is 8.74. The van der Waals surface area contributed by atoms with E-state index in [1.807, 2.05) is 36.5 Å². The van der Waals surface area contributed by atoms with Gasteiger partial charge in [-0.05, 0) is 68.2 Å². The van der Waals surface area contributed by atoms with E-state index in [0.717, 1.165) is 48.0 Å². The van der Waals surface area contributed by atoms with Crippen LogP contribution in [0.2, 0.25) is 5.02 Å². The molecule has 0 bridgehead atoms. The fraction of sp³-hybridized carbons (Fsp3) is 0.375. The normalized spacial score (nSPS) is 17.5. The van der Waals surface area contributed by atoms with E-state index in [2.05, 4.69) is 48.3 Å². The van der Waals surface area contributed by atoms with Gasteiger partial charge in [0.2, 0.25) is 5.91 Å². The first-order valence-electron chi connectivity index (χ1n) is 15.0. The molecule has 1 saturated heterocycles. The van der Waals surface area contributed by atoms with Crippen molar-refractivity contribution in [2.24, 2.45) is 5.92 Å². The number of rotatable bonds is 7. The fourth-order valence-corrected chi connectivity index (χ4v) is 4.97. The van der Waals surface area contributed by atoms with Gasteiger partial charge < -0.3 is 19.9 Å². The lowest BCUT2D eigenvalue weighted by molar-refractivity contribution is -0.125. The summed E-state index contributed by atoms with van der Waals surface area (Å²) in [5.74, 6) is 2.08. The molecule has 0 unspecified atom stereocenters. The van der Waals surface area contributed by atoms with Crippen LogP contribution in [0.4, 0.5) is 16.4 Å². The molecule has 3 aromatic heterocycles. The number of hydrogen-bond acceptors (Lipinski definition) is 7. The van der Waals surface area contributed by atoms with Crippen molar-refractivity contribution in [1.29, 1.82) is 0 Å². The van der Waals surface area contributed by atoms with E-state index in [4.69, 9.17) is 11.6 Å². The van der Waals surface area contributed by atoms with Gasteiger partial charge >= 0.3 is 6.03 Å². The second kappa shape index (κ2) is 13.0. The Morgan fingerprint density at radius 3 is 2.32 bits per heavy atom. The van der Waals surface area contributed by atoms with E-state index in [-0.39, 0.29) is 36.3 Å². The van der Waals surface area contributed by atoms with Crippen LogP contribution < -0.4 is 10.6 Å². The van der Waals surface area contributed by atoms with Gasteiger partial charge in [-0.15, -0.1) is 0 Å². The number of benzene rings is 1. The fourth-order valence-electron chi connectivity index (χ4n) is 4.83. The van der Waals surface area contributed by atoms with Crippen molar-refractivity contribution in [1.82, 2.24) is 29.2 Å². The molecular weight excluding hydrogens is 580 g/mol. The van der Waals surface area contributed by atoms with Gasteiger partial charge in [0.15, 0.2) is 0 Å². The number of likely N-dealkylation sites (N-methyl/N-ethyl adjacent to an activating group) is 1. The number of aromatic nitrogens is 4. The van der Waals surface area contributed by atoms with E-state index >= 15 is 0 Å². The lowest BCUT2D eigenvalue weighted by atomic mass is 10.2. The van der Waals surface area contributed by atoms with Gasteiger partial charge in [-0.25, -0.2) is 19.7 Å². The lowest BCUT2D eigenvalue weighted by Gasteiger charge is -2.11. The number of pyridine rings is 1. The number of anilines is 2. The molecule has 0 atom stereocenters. The number of carbonyl (C=O) groups excluding carboxylic acids is 3. The molecule has 0 radical (unpaired) electrons. The molecule has 44 heavy (non-hydrogen) atoms. The number of fused-ring (bicyclic) bond motifs is 1. The van der Waals surface area contributed by atoms with E-state index in [9.17, 15) is 14.4 Å². The van der Waals surface area contributed by atoms with Gasteiger partial charge in [0.05, 0.1) is 12.2 Å². The monoisotopic (exact) mass is 614 g/mol. The zero-order chi connectivity index (χ0) is 30.6. The molecule has 4 fully saturated rings. The van der Waals surface area contributed by atoms with Crippen LogP contribution in [0.25, 0.3) is 5.65 Å². The molecule has 4 amide bonds. The molecule has 11 nitrogen and oxygen atoms in total. The second-order valence-electron chi connectivity index (χ2n) is 11.6. The number of hydrogen-bond donors (Lipinski definition) is 2. The number of imidazole rings is 1.